The number of carbonyl (C=O) groups is 2. The lowest BCUT2D eigenvalue weighted by atomic mass is 10.1. The quantitative estimate of drug-likeness (QED) is 0.332. The molecule has 0 spiro atoms. The maximum Gasteiger partial charge on any atom is 0.242 e. The zero-order chi connectivity index (χ0) is 25.8. The third-order valence-electron chi connectivity index (χ3n) is 6.12. The summed E-state index contributed by atoms with van der Waals surface area (Å²) >= 11 is 0. The van der Waals surface area contributed by atoms with Crippen LogP contribution in [-0.4, -0.2) is 59.5 Å². The number of rotatable bonds is 14. The number of hydrogen-bond donors (Lipinski definition) is 0. The molecule has 0 aliphatic heterocycles. The van der Waals surface area contributed by atoms with Crippen molar-refractivity contribution < 1.29 is 14.3 Å². The molecule has 0 saturated heterocycles. The molecule has 2 amide bonds. The van der Waals surface area contributed by atoms with E-state index in [1.807, 2.05) is 66.9 Å². The number of aromatic nitrogens is 1. The molecular weight excluding hydrogens is 450 g/mol. The summed E-state index contributed by atoms with van der Waals surface area (Å²) < 4.78 is 7.46. The molecule has 0 unspecified atom stereocenters. The van der Waals surface area contributed by atoms with Gasteiger partial charge in [0.1, 0.15) is 0 Å². The minimum atomic E-state index is -0.0618. The van der Waals surface area contributed by atoms with E-state index in [1.54, 1.807) is 16.9 Å². The average molecular weight is 490 g/mol. The van der Waals surface area contributed by atoms with Crippen molar-refractivity contribution in [3.63, 3.8) is 0 Å². The summed E-state index contributed by atoms with van der Waals surface area (Å²) in [6.07, 6.45) is 3.10. The van der Waals surface area contributed by atoms with Gasteiger partial charge in [-0.1, -0.05) is 74.5 Å². The van der Waals surface area contributed by atoms with Crippen molar-refractivity contribution in [1.82, 2.24) is 14.4 Å². The highest BCUT2D eigenvalue weighted by Crippen LogP contribution is 2.13. The van der Waals surface area contributed by atoms with Crippen molar-refractivity contribution in [1.29, 1.82) is 0 Å². The lowest BCUT2D eigenvalue weighted by molar-refractivity contribution is -0.141. The first-order valence-electron chi connectivity index (χ1n) is 12.7. The van der Waals surface area contributed by atoms with Gasteiger partial charge in [0.15, 0.2) is 0 Å². The van der Waals surface area contributed by atoms with Gasteiger partial charge in [0.05, 0.1) is 19.7 Å². The number of nitrogens with zero attached hydrogens (tertiary/aromatic N) is 3. The highest BCUT2D eigenvalue weighted by Gasteiger charge is 2.23. The minimum Gasteiger partial charge on any atom is -0.383 e. The largest absolute Gasteiger partial charge is 0.383 e. The number of amides is 2. The van der Waals surface area contributed by atoms with Gasteiger partial charge >= 0.3 is 0 Å². The fourth-order valence-corrected chi connectivity index (χ4v) is 4.23. The number of aryl methyl sites for hydroxylation is 1. The molecule has 2 aromatic carbocycles. The third kappa shape index (κ3) is 8.68. The Morgan fingerprint density at radius 3 is 2.17 bits per heavy atom. The van der Waals surface area contributed by atoms with Gasteiger partial charge in [-0.15, -0.1) is 0 Å². The lowest BCUT2D eigenvalue weighted by Crippen LogP contribution is -2.45. The maximum atomic E-state index is 13.5. The zero-order valence-corrected chi connectivity index (χ0v) is 21.8. The summed E-state index contributed by atoms with van der Waals surface area (Å²) in [6.45, 7) is 6.90. The molecule has 3 rings (SSSR count). The molecule has 192 valence electrons. The van der Waals surface area contributed by atoms with E-state index >= 15 is 0 Å². The Bertz CT molecular complexity index is 1060. The van der Waals surface area contributed by atoms with E-state index in [1.165, 1.54) is 5.56 Å². The fraction of sp³-hybridized carbons (Fsp3) is 0.400. The Labute approximate surface area is 215 Å². The molecule has 6 nitrogen and oxygen atoms in total. The molecule has 36 heavy (non-hydrogen) atoms. The van der Waals surface area contributed by atoms with Crippen molar-refractivity contribution in [3.8, 4) is 0 Å². The van der Waals surface area contributed by atoms with Gasteiger partial charge in [0, 0.05) is 45.1 Å². The smallest absolute Gasteiger partial charge is 0.242 e. The van der Waals surface area contributed by atoms with Crippen LogP contribution in [0, 0.1) is 5.92 Å². The predicted molar refractivity (Wildman–Crippen MR) is 143 cm³/mol. The van der Waals surface area contributed by atoms with Crippen LogP contribution in [0.15, 0.2) is 79.0 Å². The molecule has 0 radical (unpaired) electrons. The average Bonchev–Trinajstić information content (AvgIpc) is 3.31. The molecular formula is C30H39N3O3. The molecule has 0 atom stereocenters. The topological polar surface area (TPSA) is 54.8 Å². The summed E-state index contributed by atoms with van der Waals surface area (Å²) in [5.74, 6) is 0.224. The monoisotopic (exact) mass is 489 g/mol. The van der Waals surface area contributed by atoms with Crippen molar-refractivity contribution in [2.75, 3.05) is 33.4 Å². The van der Waals surface area contributed by atoms with E-state index in [4.69, 9.17) is 4.74 Å². The first-order chi connectivity index (χ1) is 17.5. The highest BCUT2D eigenvalue weighted by molar-refractivity contribution is 5.85. The molecule has 6 heteroatoms. The molecule has 1 heterocycles. The summed E-state index contributed by atoms with van der Waals surface area (Å²) in [4.78, 5) is 30.1. The summed E-state index contributed by atoms with van der Waals surface area (Å²) in [7, 11) is 1.64. The van der Waals surface area contributed by atoms with Gasteiger partial charge in [-0.2, -0.15) is 0 Å². The van der Waals surface area contributed by atoms with E-state index in [9.17, 15) is 9.59 Å². The van der Waals surface area contributed by atoms with E-state index in [-0.39, 0.29) is 24.3 Å². The van der Waals surface area contributed by atoms with Gasteiger partial charge in [-0.3, -0.25) is 9.59 Å². The van der Waals surface area contributed by atoms with E-state index < -0.39 is 0 Å². The summed E-state index contributed by atoms with van der Waals surface area (Å²) in [5.41, 5.74) is 3.38. The van der Waals surface area contributed by atoms with Gasteiger partial charge in [0.25, 0.3) is 0 Å². The Hall–Kier alpha value is -3.38. The van der Waals surface area contributed by atoms with Crippen molar-refractivity contribution >= 4 is 11.8 Å². The van der Waals surface area contributed by atoms with E-state index in [0.29, 0.717) is 39.1 Å². The van der Waals surface area contributed by atoms with Crippen LogP contribution in [0.4, 0.5) is 0 Å². The number of methoxy groups -OCH3 is 1. The second-order valence-corrected chi connectivity index (χ2v) is 9.57. The van der Waals surface area contributed by atoms with Crippen LogP contribution >= 0.6 is 0 Å². The van der Waals surface area contributed by atoms with Crippen LogP contribution in [0.1, 0.15) is 37.1 Å². The number of benzene rings is 2. The van der Waals surface area contributed by atoms with Gasteiger partial charge in [0.2, 0.25) is 11.8 Å². The Kier molecular flexibility index (Phi) is 10.8. The molecule has 1 aromatic heterocycles. The van der Waals surface area contributed by atoms with Crippen molar-refractivity contribution in [2.24, 2.45) is 5.92 Å². The van der Waals surface area contributed by atoms with Crippen LogP contribution in [0.25, 0.3) is 0 Å². The van der Waals surface area contributed by atoms with Gasteiger partial charge < -0.3 is 19.1 Å². The first kappa shape index (κ1) is 27.2. The zero-order valence-electron chi connectivity index (χ0n) is 21.8. The van der Waals surface area contributed by atoms with Crippen molar-refractivity contribution in [2.45, 2.75) is 39.8 Å². The number of ether oxygens (including phenoxy) is 1. The van der Waals surface area contributed by atoms with Gasteiger partial charge in [-0.25, -0.2) is 0 Å². The molecule has 0 bridgehead atoms. The van der Waals surface area contributed by atoms with Gasteiger partial charge in [-0.05, 0) is 35.6 Å². The molecule has 0 fully saturated rings. The predicted octanol–water partition coefficient (Wildman–Crippen LogP) is 4.63. The number of carbonyl (C=O) groups excluding carboxylic acids is 2. The highest BCUT2D eigenvalue weighted by atomic mass is 16.5. The second kappa shape index (κ2) is 14.2. The standard InChI is InChI=1S/C30H39N3O3/c1-25(2)21-33(29(34)17-16-26-11-6-4-7-12-26)24-30(35)32(19-20-36-3)23-28-15-10-18-31(28)22-27-13-8-5-9-14-27/h4-15,18,25H,16-17,19-24H2,1-3H3. The van der Waals surface area contributed by atoms with Crippen LogP contribution in [-0.2, 0) is 33.8 Å². The number of hydrogen-bond acceptors (Lipinski definition) is 3. The second-order valence-electron chi connectivity index (χ2n) is 9.57. The molecule has 0 aliphatic rings. The Morgan fingerprint density at radius 2 is 1.53 bits per heavy atom. The van der Waals surface area contributed by atoms with Crippen LogP contribution < -0.4 is 0 Å². The minimum absolute atomic E-state index is 0.0139. The van der Waals surface area contributed by atoms with Crippen LogP contribution in [0.3, 0.4) is 0 Å². The molecule has 0 N–H and O–H groups in total. The molecule has 0 aliphatic carbocycles. The molecule has 3 aromatic rings. The van der Waals surface area contributed by atoms with Crippen LogP contribution in [0.2, 0.25) is 0 Å². The molecule has 0 saturated carbocycles. The van der Waals surface area contributed by atoms with Crippen molar-refractivity contribution in [3.05, 3.63) is 95.8 Å². The van der Waals surface area contributed by atoms with E-state index in [2.05, 4.69) is 30.5 Å². The summed E-state index contributed by atoms with van der Waals surface area (Å²) in [5, 5.41) is 0. The van der Waals surface area contributed by atoms with Crippen LogP contribution in [0.5, 0.6) is 0 Å². The fourth-order valence-electron chi connectivity index (χ4n) is 4.23. The lowest BCUT2D eigenvalue weighted by Gasteiger charge is -2.29. The normalized spacial score (nSPS) is 11.0. The SMILES string of the molecule is COCCN(Cc1cccn1Cc1ccccc1)C(=O)CN(CC(C)C)C(=O)CCc1ccccc1. The maximum absolute atomic E-state index is 13.5. The summed E-state index contributed by atoms with van der Waals surface area (Å²) in [6, 6.07) is 24.3. The Morgan fingerprint density at radius 1 is 0.861 bits per heavy atom. The first-order valence-corrected chi connectivity index (χ1v) is 12.7. The third-order valence-corrected chi connectivity index (χ3v) is 6.12. The Balaban J connectivity index is 1.68. The van der Waals surface area contributed by atoms with E-state index in [0.717, 1.165) is 17.8 Å².